The molecular formula is C21H18F2N2O4S. The van der Waals surface area contributed by atoms with Gasteiger partial charge in [0.2, 0.25) is 15.9 Å². The van der Waals surface area contributed by atoms with Gasteiger partial charge in [0.25, 0.3) is 0 Å². The quantitative estimate of drug-likeness (QED) is 0.594. The number of halogens is 2. The van der Waals surface area contributed by atoms with Crippen LogP contribution in [0, 0.1) is 11.6 Å². The van der Waals surface area contributed by atoms with E-state index in [4.69, 9.17) is 4.42 Å². The summed E-state index contributed by atoms with van der Waals surface area (Å²) in [6, 6.07) is 11.6. The first-order chi connectivity index (χ1) is 14.3. The normalized spacial score (nSPS) is 15.9. The van der Waals surface area contributed by atoms with Crippen LogP contribution >= 0.6 is 0 Å². The SMILES string of the molecule is O=C(/C=C/c1cc2ccccc2o1)N1CCN(S(=O)(=O)c2cc(F)ccc2F)CC1. The van der Waals surface area contributed by atoms with Gasteiger partial charge in [0.1, 0.15) is 27.9 Å². The molecule has 6 nitrogen and oxygen atoms in total. The predicted molar refractivity (Wildman–Crippen MR) is 107 cm³/mol. The molecule has 0 radical (unpaired) electrons. The van der Waals surface area contributed by atoms with E-state index in [1.165, 1.54) is 11.0 Å². The number of sulfonamides is 1. The molecule has 2 aromatic carbocycles. The zero-order valence-corrected chi connectivity index (χ0v) is 16.6. The number of nitrogens with zero attached hydrogens (tertiary/aromatic N) is 2. The fourth-order valence-electron chi connectivity index (χ4n) is 3.31. The lowest BCUT2D eigenvalue weighted by Gasteiger charge is -2.33. The van der Waals surface area contributed by atoms with E-state index in [1.54, 1.807) is 6.08 Å². The van der Waals surface area contributed by atoms with E-state index in [0.29, 0.717) is 17.4 Å². The van der Waals surface area contributed by atoms with Crippen molar-refractivity contribution < 1.29 is 26.4 Å². The van der Waals surface area contributed by atoms with E-state index in [-0.39, 0.29) is 32.1 Å². The van der Waals surface area contributed by atoms with Crippen LogP contribution in [0.3, 0.4) is 0 Å². The first-order valence-corrected chi connectivity index (χ1v) is 10.7. The Kier molecular flexibility index (Phi) is 5.40. The van der Waals surface area contributed by atoms with Gasteiger partial charge in [0.15, 0.2) is 0 Å². The fraction of sp³-hybridized carbons (Fsp3) is 0.190. The number of carbonyl (C=O) groups excluding carboxylic acids is 1. The maximum atomic E-state index is 13.9. The van der Waals surface area contributed by atoms with Crippen molar-refractivity contribution in [1.29, 1.82) is 0 Å². The van der Waals surface area contributed by atoms with Crippen molar-refractivity contribution in [2.75, 3.05) is 26.2 Å². The number of para-hydroxylation sites is 1. The minimum absolute atomic E-state index is 0.0114. The van der Waals surface area contributed by atoms with Gasteiger partial charge >= 0.3 is 0 Å². The highest BCUT2D eigenvalue weighted by molar-refractivity contribution is 7.89. The average molecular weight is 432 g/mol. The van der Waals surface area contributed by atoms with Crippen molar-refractivity contribution in [1.82, 2.24) is 9.21 Å². The molecule has 1 fully saturated rings. The van der Waals surface area contributed by atoms with E-state index in [9.17, 15) is 22.0 Å². The third-order valence-corrected chi connectivity index (χ3v) is 6.81. The summed E-state index contributed by atoms with van der Waals surface area (Å²) in [5.74, 6) is -1.60. The van der Waals surface area contributed by atoms with Crippen molar-refractivity contribution in [2.24, 2.45) is 0 Å². The lowest BCUT2D eigenvalue weighted by molar-refractivity contribution is -0.127. The molecule has 0 bridgehead atoms. The molecular weight excluding hydrogens is 414 g/mol. The largest absolute Gasteiger partial charge is 0.457 e. The monoisotopic (exact) mass is 432 g/mol. The lowest BCUT2D eigenvalue weighted by Crippen LogP contribution is -2.50. The maximum Gasteiger partial charge on any atom is 0.246 e. The number of piperazine rings is 1. The van der Waals surface area contributed by atoms with E-state index in [1.807, 2.05) is 30.3 Å². The Balaban J connectivity index is 1.41. The van der Waals surface area contributed by atoms with Crippen LogP contribution in [0.25, 0.3) is 17.0 Å². The Labute approximate surface area is 172 Å². The molecule has 4 rings (SSSR count). The Bertz CT molecular complexity index is 1200. The summed E-state index contributed by atoms with van der Waals surface area (Å²) in [5.41, 5.74) is 0.716. The molecule has 1 aliphatic heterocycles. The minimum atomic E-state index is -4.19. The highest BCUT2D eigenvalue weighted by Gasteiger charge is 2.31. The number of furan rings is 1. The van der Waals surface area contributed by atoms with Gasteiger partial charge < -0.3 is 9.32 Å². The molecule has 0 N–H and O–H groups in total. The first-order valence-electron chi connectivity index (χ1n) is 9.25. The van der Waals surface area contributed by atoms with Gasteiger partial charge in [-0.2, -0.15) is 4.31 Å². The highest BCUT2D eigenvalue weighted by Crippen LogP contribution is 2.22. The van der Waals surface area contributed by atoms with Crippen molar-refractivity contribution in [2.45, 2.75) is 4.90 Å². The molecule has 1 amide bonds. The van der Waals surface area contributed by atoms with Gasteiger partial charge in [0, 0.05) is 37.6 Å². The summed E-state index contributed by atoms with van der Waals surface area (Å²) in [5, 5.41) is 0.924. The number of fused-ring (bicyclic) bond motifs is 1. The Morgan fingerprint density at radius 2 is 1.73 bits per heavy atom. The van der Waals surface area contributed by atoms with Gasteiger partial charge in [-0.05, 0) is 36.4 Å². The predicted octanol–water partition coefficient (Wildman–Crippen LogP) is 3.26. The average Bonchev–Trinajstić information content (AvgIpc) is 3.17. The van der Waals surface area contributed by atoms with Crippen LogP contribution in [0.4, 0.5) is 8.78 Å². The van der Waals surface area contributed by atoms with Crippen molar-refractivity contribution in [3.63, 3.8) is 0 Å². The number of rotatable bonds is 4. The van der Waals surface area contributed by atoms with Gasteiger partial charge in [0.05, 0.1) is 0 Å². The van der Waals surface area contributed by atoms with Gasteiger partial charge in [-0.15, -0.1) is 0 Å². The standard InChI is InChI=1S/C21H18F2N2O4S/c22-16-5-7-18(23)20(14-16)30(27,28)25-11-9-24(10-12-25)21(26)8-6-17-13-15-3-1-2-4-19(15)29-17/h1-8,13-14H,9-12H2/b8-6+. The van der Waals surface area contributed by atoms with Crippen molar-refractivity contribution >= 4 is 33.0 Å². The zero-order chi connectivity index (χ0) is 21.3. The maximum absolute atomic E-state index is 13.9. The molecule has 2 heterocycles. The van der Waals surface area contributed by atoms with E-state index < -0.39 is 26.6 Å². The summed E-state index contributed by atoms with van der Waals surface area (Å²) in [6.45, 7) is 0.254. The van der Waals surface area contributed by atoms with Crippen LogP contribution in [0.15, 0.2) is 63.9 Å². The van der Waals surface area contributed by atoms with Crippen LogP contribution in [-0.4, -0.2) is 49.7 Å². The molecule has 1 aromatic heterocycles. The summed E-state index contributed by atoms with van der Waals surface area (Å²) >= 11 is 0. The summed E-state index contributed by atoms with van der Waals surface area (Å²) < 4.78 is 59.2. The smallest absolute Gasteiger partial charge is 0.246 e. The molecule has 0 spiro atoms. The van der Waals surface area contributed by atoms with Crippen molar-refractivity contribution in [3.05, 3.63) is 72.0 Å². The van der Waals surface area contributed by atoms with Gasteiger partial charge in [-0.25, -0.2) is 17.2 Å². The topological polar surface area (TPSA) is 70.8 Å². The molecule has 30 heavy (non-hydrogen) atoms. The van der Waals surface area contributed by atoms with Crippen LogP contribution in [0.1, 0.15) is 5.76 Å². The second-order valence-electron chi connectivity index (χ2n) is 6.82. The van der Waals surface area contributed by atoms with E-state index in [2.05, 4.69) is 0 Å². The Morgan fingerprint density at radius 1 is 1.00 bits per heavy atom. The molecule has 1 saturated heterocycles. The number of hydrogen-bond donors (Lipinski definition) is 0. The molecule has 3 aromatic rings. The first kappa shape index (κ1) is 20.2. The van der Waals surface area contributed by atoms with Crippen LogP contribution in [0.2, 0.25) is 0 Å². The van der Waals surface area contributed by atoms with Crippen LogP contribution in [-0.2, 0) is 14.8 Å². The van der Waals surface area contributed by atoms with Crippen LogP contribution < -0.4 is 0 Å². The second-order valence-corrected chi connectivity index (χ2v) is 8.73. The highest BCUT2D eigenvalue weighted by atomic mass is 32.2. The van der Waals surface area contributed by atoms with E-state index >= 15 is 0 Å². The molecule has 0 saturated carbocycles. The molecule has 156 valence electrons. The Hall–Kier alpha value is -3.04. The number of hydrogen-bond acceptors (Lipinski definition) is 4. The summed E-state index contributed by atoms with van der Waals surface area (Å²) in [6.07, 6.45) is 2.93. The molecule has 0 aliphatic carbocycles. The number of amides is 1. The summed E-state index contributed by atoms with van der Waals surface area (Å²) in [4.78, 5) is 13.2. The fourth-order valence-corrected chi connectivity index (χ4v) is 4.80. The second kappa shape index (κ2) is 8.00. The summed E-state index contributed by atoms with van der Waals surface area (Å²) in [7, 11) is -4.19. The van der Waals surface area contributed by atoms with Gasteiger partial charge in [-0.3, -0.25) is 4.79 Å². The molecule has 1 aliphatic rings. The molecule has 0 atom stereocenters. The van der Waals surface area contributed by atoms with Crippen molar-refractivity contribution in [3.8, 4) is 0 Å². The van der Waals surface area contributed by atoms with E-state index in [0.717, 1.165) is 21.8 Å². The molecule has 9 heteroatoms. The zero-order valence-electron chi connectivity index (χ0n) is 15.8. The Morgan fingerprint density at radius 3 is 2.47 bits per heavy atom. The third kappa shape index (κ3) is 3.99. The number of carbonyl (C=O) groups is 1. The third-order valence-electron chi connectivity index (χ3n) is 4.90. The van der Waals surface area contributed by atoms with Gasteiger partial charge in [-0.1, -0.05) is 18.2 Å². The van der Waals surface area contributed by atoms with Crippen LogP contribution in [0.5, 0.6) is 0 Å². The molecule has 0 unspecified atom stereocenters. The number of benzene rings is 2. The lowest BCUT2D eigenvalue weighted by atomic mass is 10.2. The minimum Gasteiger partial charge on any atom is -0.457 e.